The van der Waals surface area contributed by atoms with Gasteiger partial charge in [-0.25, -0.2) is 9.37 Å². The van der Waals surface area contributed by atoms with Crippen molar-refractivity contribution in [3.63, 3.8) is 0 Å². The first-order valence-electron chi connectivity index (χ1n) is 3.98. The highest BCUT2D eigenvalue weighted by Crippen LogP contribution is 2.25. The number of benzene rings is 1. The molecule has 0 saturated heterocycles. The zero-order chi connectivity index (χ0) is 10.8. The van der Waals surface area contributed by atoms with Crippen LogP contribution in [0.15, 0.2) is 32.7 Å². The number of rotatable bonds is 2. The molecule has 0 aliphatic carbocycles. The molecule has 0 saturated carbocycles. The molecule has 0 amide bonds. The van der Waals surface area contributed by atoms with Gasteiger partial charge < -0.3 is 5.32 Å². The molecule has 78 valence electrons. The minimum Gasteiger partial charge on any atom is -0.331 e. The highest BCUT2D eigenvalue weighted by Gasteiger charge is 2.03. The summed E-state index contributed by atoms with van der Waals surface area (Å²) in [5.74, 6) is -0.296. The van der Waals surface area contributed by atoms with Crippen molar-refractivity contribution in [2.45, 2.75) is 0 Å². The van der Waals surface area contributed by atoms with Crippen LogP contribution in [0.1, 0.15) is 0 Å². The van der Waals surface area contributed by atoms with Gasteiger partial charge in [0.05, 0.1) is 4.47 Å². The summed E-state index contributed by atoms with van der Waals surface area (Å²) in [6.45, 7) is 0. The first-order valence-corrected chi connectivity index (χ1v) is 6.45. The molecule has 6 heteroatoms. The Morgan fingerprint density at radius 3 is 2.73 bits per heavy atom. The Balaban J connectivity index is 2.21. The Hall–Kier alpha value is -0.460. The van der Waals surface area contributed by atoms with Crippen LogP contribution < -0.4 is 5.32 Å². The maximum absolute atomic E-state index is 13.2. The van der Waals surface area contributed by atoms with Gasteiger partial charge in [0.1, 0.15) is 10.4 Å². The van der Waals surface area contributed by atoms with Crippen molar-refractivity contribution in [3.8, 4) is 0 Å². The van der Waals surface area contributed by atoms with Crippen LogP contribution in [0.4, 0.5) is 15.2 Å². The van der Waals surface area contributed by atoms with Crippen molar-refractivity contribution in [1.29, 1.82) is 0 Å². The first kappa shape index (κ1) is 11.0. The monoisotopic (exact) mass is 350 g/mol. The molecule has 2 rings (SSSR count). The average Bonchev–Trinajstić information content (AvgIpc) is 2.58. The lowest BCUT2D eigenvalue weighted by Gasteiger charge is -2.02. The van der Waals surface area contributed by atoms with Gasteiger partial charge in [0.15, 0.2) is 5.13 Å². The Kier molecular flexibility index (Phi) is 3.38. The Labute approximate surface area is 107 Å². The van der Waals surface area contributed by atoms with Gasteiger partial charge in [-0.2, -0.15) is 0 Å². The Morgan fingerprint density at radius 2 is 2.13 bits per heavy atom. The summed E-state index contributed by atoms with van der Waals surface area (Å²) in [5, 5.41) is 5.59. The molecule has 2 nitrogen and oxygen atoms in total. The molecule has 0 aliphatic rings. The van der Waals surface area contributed by atoms with E-state index in [-0.39, 0.29) is 5.82 Å². The van der Waals surface area contributed by atoms with E-state index in [1.807, 2.05) is 5.38 Å². The molecule has 0 bridgehead atoms. The molecule has 0 spiro atoms. The number of hydrogen-bond donors (Lipinski definition) is 1. The van der Waals surface area contributed by atoms with Crippen molar-refractivity contribution in [2.75, 3.05) is 5.32 Å². The summed E-state index contributed by atoms with van der Waals surface area (Å²) in [6, 6.07) is 4.85. The second-order valence-corrected chi connectivity index (χ2v) is 5.25. The van der Waals surface area contributed by atoms with E-state index in [9.17, 15) is 4.39 Å². The van der Waals surface area contributed by atoms with Crippen molar-refractivity contribution >= 4 is 54.0 Å². The predicted molar refractivity (Wildman–Crippen MR) is 67.2 cm³/mol. The van der Waals surface area contributed by atoms with E-state index in [4.69, 9.17) is 0 Å². The van der Waals surface area contributed by atoms with E-state index in [1.165, 1.54) is 17.4 Å². The number of hydrogen-bond acceptors (Lipinski definition) is 3. The molecule has 0 radical (unpaired) electrons. The zero-order valence-corrected chi connectivity index (χ0v) is 11.3. The van der Waals surface area contributed by atoms with Crippen LogP contribution in [0.2, 0.25) is 0 Å². The van der Waals surface area contributed by atoms with Crippen LogP contribution in [0.3, 0.4) is 0 Å². The van der Waals surface area contributed by atoms with Gasteiger partial charge in [-0.05, 0) is 50.1 Å². The molecule has 1 aromatic carbocycles. The maximum Gasteiger partial charge on any atom is 0.188 e. The van der Waals surface area contributed by atoms with E-state index < -0.39 is 0 Å². The van der Waals surface area contributed by atoms with Crippen LogP contribution >= 0.6 is 43.2 Å². The van der Waals surface area contributed by atoms with Crippen LogP contribution in [-0.4, -0.2) is 4.98 Å². The summed E-state index contributed by atoms with van der Waals surface area (Å²) >= 11 is 7.80. The van der Waals surface area contributed by atoms with Gasteiger partial charge in [0, 0.05) is 11.1 Å². The SMILES string of the molecule is Fc1cc(Nc2nc(Br)cs2)ccc1Br. The number of halogens is 3. The number of nitrogens with zero attached hydrogens (tertiary/aromatic N) is 1. The normalized spacial score (nSPS) is 10.3. The summed E-state index contributed by atoms with van der Waals surface area (Å²) in [7, 11) is 0. The number of thiazole rings is 1. The van der Waals surface area contributed by atoms with Crippen molar-refractivity contribution < 1.29 is 4.39 Å². The fourth-order valence-electron chi connectivity index (χ4n) is 1.01. The van der Waals surface area contributed by atoms with Gasteiger partial charge in [-0.1, -0.05) is 0 Å². The molecule has 0 fully saturated rings. The van der Waals surface area contributed by atoms with Gasteiger partial charge in [-0.15, -0.1) is 11.3 Å². The van der Waals surface area contributed by atoms with E-state index in [2.05, 4.69) is 42.2 Å². The smallest absolute Gasteiger partial charge is 0.188 e. The summed E-state index contributed by atoms with van der Waals surface area (Å²) in [4.78, 5) is 4.15. The summed E-state index contributed by atoms with van der Waals surface area (Å²) < 4.78 is 14.4. The van der Waals surface area contributed by atoms with E-state index in [1.54, 1.807) is 12.1 Å². The third-order valence-electron chi connectivity index (χ3n) is 1.65. The predicted octanol–water partition coefficient (Wildman–Crippen LogP) is 4.55. The number of anilines is 2. The lowest BCUT2D eigenvalue weighted by atomic mass is 10.3. The standard InChI is InChI=1S/C9H5Br2FN2S/c10-6-2-1-5(3-7(6)12)13-9-14-8(11)4-15-9/h1-4H,(H,13,14). The molecule has 0 atom stereocenters. The van der Waals surface area contributed by atoms with Crippen molar-refractivity contribution in [1.82, 2.24) is 4.98 Å². The zero-order valence-electron chi connectivity index (χ0n) is 7.30. The average molecular weight is 352 g/mol. The molecule has 1 heterocycles. The third kappa shape index (κ3) is 2.76. The molecule has 1 N–H and O–H groups in total. The summed E-state index contributed by atoms with van der Waals surface area (Å²) in [5.41, 5.74) is 0.678. The van der Waals surface area contributed by atoms with Gasteiger partial charge in [-0.3, -0.25) is 0 Å². The maximum atomic E-state index is 13.2. The van der Waals surface area contributed by atoms with Crippen LogP contribution in [0.5, 0.6) is 0 Å². The van der Waals surface area contributed by atoms with Crippen LogP contribution in [0.25, 0.3) is 0 Å². The fraction of sp³-hybridized carbons (Fsp3) is 0. The quantitative estimate of drug-likeness (QED) is 0.858. The van der Waals surface area contributed by atoms with Crippen molar-refractivity contribution in [3.05, 3.63) is 38.5 Å². The van der Waals surface area contributed by atoms with Crippen LogP contribution in [0, 0.1) is 5.82 Å². The second-order valence-electron chi connectivity index (χ2n) is 2.73. The van der Waals surface area contributed by atoms with Gasteiger partial charge >= 0.3 is 0 Å². The molecular formula is C9H5Br2FN2S. The van der Waals surface area contributed by atoms with Gasteiger partial charge in [0.2, 0.25) is 0 Å². The van der Waals surface area contributed by atoms with Gasteiger partial charge in [0.25, 0.3) is 0 Å². The number of nitrogens with one attached hydrogen (secondary N) is 1. The second kappa shape index (κ2) is 4.59. The highest BCUT2D eigenvalue weighted by atomic mass is 79.9. The third-order valence-corrected chi connectivity index (χ3v) is 3.76. The topological polar surface area (TPSA) is 24.9 Å². The molecule has 2 aromatic rings. The lowest BCUT2D eigenvalue weighted by Crippen LogP contribution is -1.90. The molecule has 15 heavy (non-hydrogen) atoms. The molecular weight excluding hydrogens is 347 g/mol. The van der Waals surface area contributed by atoms with Crippen LogP contribution in [-0.2, 0) is 0 Å². The minimum absolute atomic E-state index is 0.296. The fourth-order valence-corrected chi connectivity index (χ4v) is 2.42. The molecule has 1 aromatic heterocycles. The molecule has 0 aliphatic heterocycles. The largest absolute Gasteiger partial charge is 0.331 e. The summed E-state index contributed by atoms with van der Waals surface area (Å²) in [6.07, 6.45) is 0. The Morgan fingerprint density at radius 1 is 1.33 bits per heavy atom. The Bertz CT molecular complexity index is 487. The van der Waals surface area contributed by atoms with E-state index in [0.29, 0.717) is 10.2 Å². The number of aromatic nitrogens is 1. The highest BCUT2D eigenvalue weighted by molar-refractivity contribution is 9.10. The van der Waals surface area contributed by atoms with E-state index in [0.717, 1.165) is 9.73 Å². The van der Waals surface area contributed by atoms with Crippen molar-refractivity contribution in [2.24, 2.45) is 0 Å². The minimum atomic E-state index is -0.296. The van der Waals surface area contributed by atoms with E-state index >= 15 is 0 Å². The molecule has 0 unspecified atom stereocenters. The first-order chi connectivity index (χ1) is 7.15. The lowest BCUT2D eigenvalue weighted by molar-refractivity contribution is 0.622.